The van der Waals surface area contributed by atoms with E-state index >= 15 is 0 Å². The Bertz CT molecular complexity index is 434. The molecule has 6 heteroatoms. The van der Waals surface area contributed by atoms with E-state index in [-0.39, 0.29) is 18.0 Å². The fraction of sp³-hybridized carbons (Fsp3) is 0.417. The lowest BCUT2D eigenvalue weighted by Crippen LogP contribution is -2.18. The molecule has 1 atom stereocenters. The lowest BCUT2D eigenvalue weighted by atomic mass is 10.0. The molecule has 18 heavy (non-hydrogen) atoms. The highest BCUT2D eigenvalue weighted by Crippen LogP contribution is 2.12. The Hall–Kier alpha value is -2.11. The maximum atomic E-state index is 10.9. The van der Waals surface area contributed by atoms with E-state index in [0.717, 1.165) is 6.42 Å². The molecule has 4 N–H and O–H groups in total. The summed E-state index contributed by atoms with van der Waals surface area (Å²) in [4.78, 5) is 25.4. The fourth-order valence-corrected chi connectivity index (χ4v) is 1.55. The number of aromatic nitrogens is 1. The molecule has 98 valence electrons. The summed E-state index contributed by atoms with van der Waals surface area (Å²) < 4.78 is 0. The van der Waals surface area contributed by atoms with Gasteiger partial charge in [0.2, 0.25) is 0 Å². The minimum atomic E-state index is -0.809. The molecule has 1 amide bonds. The summed E-state index contributed by atoms with van der Waals surface area (Å²) in [5.74, 6) is -1.35. The second-order valence-electron chi connectivity index (χ2n) is 4.05. The van der Waals surface area contributed by atoms with Gasteiger partial charge >= 0.3 is 5.97 Å². The zero-order chi connectivity index (χ0) is 13.5. The second kappa shape index (κ2) is 6.58. The summed E-state index contributed by atoms with van der Waals surface area (Å²) in [5, 5.41) is 11.8. The highest BCUT2D eigenvalue weighted by Gasteiger charge is 2.11. The Labute approximate surface area is 105 Å². The molecule has 1 heterocycles. The summed E-state index contributed by atoms with van der Waals surface area (Å²) in [7, 11) is 0. The van der Waals surface area contributed by atoms with Gasteiger partial charge in [0, 0.05) is 24.8 Å². The van der Waals surface area contributed by atoms with E-state index in [1.54, 1.807) is 12.1 Å². The van der Waals surface area contributed by atoms with Crippen molar-refractivity contribution >= 4 is 17.6 Å². The Morgan fingerprint density at radius 1 is 1.56 bits per heavy atom. The number of aliphatic carboxylic acids is 1. The average Bonchev–Trinajstić information content (AvgIpc) is 2.34. The number of nitrogens with zero attached hydrogens (tertiary/aromatic N) is 1. The first kappa shape index (κ1) is 14.0. The van der Waals surface area contributed by atoms with E-state index in [9.17, 15) is 9.59 Å². The first-order valence-corrected chi connectivity index (χ1v) is 5.74. The molecule has 6 nitrogen and oxygen atoms in total. The van der Waals surface area contributed by atoms with Crippen molar-refractivity contribution in [1.29, 1.82) is 0 Å². The zero-order valence-electron chi connectivity index (χ0n) is 10.2. The number of carbonyl (C=O) groups excluding carboxylic acids is 1. The second-order valence-corrected chi connectivity index (χ2v) is 4.05. The lowest BCUT2D eigenvalue weighted by molar-refractivity contribution is -0.138. The number of nitrogens with one attached hydrogen (secondary N) is 1. The molecular formula is C12H17N3O3. The van der Waals surface area contributed by atoms with Gasteiger partial charge in [0.05, 0.1) is 0 Å². The summed E-state index contributed by atoms with van der Waals surface area (Å²) in [6.45, 7) is 2.47. The highest BCUT2D eigenvalue weighted by molar-refractivity contribution is 5.91. The van der Waals surface area contributed by atoms with Crippen LogP contribution in [0.4, 0.5) is 5.69 Å². The normalized spacial score (nSPS) is 11.8. The maximum Gasteiger partial charge on any atom is 0.303 e. The molecule has 1 unspecified atom stereocenters. The van der Waals surface area contributed by atoms with E-state index in [4.69, 9.17) is 10.8 Å². The zero-order valence-corrected chi connectivity index (χ0v) is 10.2. The van der Waals surface area contributed by atoms with Crippen LogP contribution in [0.5, 0.6) is 0 Å². The molecule has 0 aliphatic carbocycles. The number of hydrogen-bond acceptors (Lipinski definition) is 4. The molecule has 0 aromatic carbocycles. The monoisotopic (exact) mass is 251 g/mol. The molecule has 0 saturated carbocycles. The van der Waals surface area contributed by atoms with E-state index in [0.29, 0.717) is 12.2 Å². The summed E-state index contributed by atoms with van der Waals surface area (Å²) in [5.41, 5.74) is 6.02. The predicted octanol–water partition coefficient (Wildman–Crippen LogP) is 1.09. The average molecular weight is 251 g/mol. The van der Waals surface area contributed by atoms with Gasteiger partial charge in [0.25, 0.3) is 5.91 Å². The molecule has 0 aliphatic rings. The Morgan fingerprint density at radius 2 is 2.28 bits per heavy atom. The number of nitrogens with two attached hydrogens (primary N) is 1. The van der Waals surface area contributed by atoms with Crippen molar-refractivity contribution in [3.05, 3.63) is 24.0 Å². The number of hydrogen-bond donors (Lipinski definition) is 3. The van der Waals surface area contributed by atoms with Gasteiger partial charge in [-0.05, 0) is 18.1 Å². The number of carboxylic acid groups (broad SMARTS) is 1. The van der Waals surface area contributed by atoms with E-state index in [2.05, 4.69) is 10.3 Å². The van der Waals surface area contributed by atoms with Crippen LogP contribution in [-0.4, -0.2) is 28.5 Å². The van der Waals surface area contributed by atoms with Crippen LogP contribution < -0.4 is 11.1 Å². The third-order valence-corrected chi connectivity index (χ3v) is 2.65. The van der Waals surface area contributed by atoms with Crippen LogP contribution in [0.3, 0.4) is 0 Å². The fourth-order valence-electron chi connectivity index (χ4n) is 1.55. The highest BCUT2D eigenvalue weighted by atomic mass is 16.4. The maximum absolute atomic E-state index is 10.9. The third kappa shape index (κ3) is 4.40. The summed E-state index contributed by atoms with van der Waals surface area (Å²) in [6, 6.07) is 3.26. The minimum absolute atomic E-state index is 0.0488. The number of anilines is 1. The van der Waals surface area contributed by atoms with Crippen LogP contribution in [0.25, 0.3) is 0 Å². The van der Waals surface area contributed by atoms with Gasteiger partial charge in [0.1, 0.15) is 5.69 Å². The molecule has 1 aromatic rings. The number of carboxylic acids is 1. The van der Waals surface area contributed by atoms with E-state index in [1.165, 1.54) is 6.20 Å². The minimum Gasteiger partial charge on any atom is -0.481 e. The quantitative estimate of drug-likeness (QED) is 0.672. The smallest absolute Gasteiger partial charge is 0.303 e. The number of pyridine rings is 1. The number of carbonyl (C=O) groups is 2. The first-order chi connectivity index (χ1) is 8.52. The summed E-state index contributed by atoms with van der Waals surface area (Å²) >= 11 is 0. The molecule has 0 spiro atoms. The van der Waals surface area contributed by atoms with E-state index in [1.807, 2.05) is 6.92 Å². The van der Waals surface area contributed by atoms with Crippen LogP contribution >= 0.6 is 0 Å². The third-order valence-electron chi connectivity index (χ3n) is 2.65. The SMILES string of the molecule is CCC(CNc1ccnc(C(N)=O)c1)CC(=O)O. The molecule has 0 radical (unpaired) electrons. The Morgan fingerprint density at radius 3 is 2.83 bits per heavy atom. The lowest BCUT2D eigenvalue weighted by Gasteiger charge is -2.14. The van der Waals surface area contributed by atoms with Crippen LogP contribution in [0.1, 0.15) is 30.3 Å². The number of primary amides is 1. The van der Waals surface area contributed by atoms with Crippen molar-refractivity contribution < 1.29 is 14.7 Å². The molecular weight excluding hydrogens is 234 g/mol. The predicted molar refractivity (Wildman–Crippen MR) is 67.3 cm³/mol. The summed E-state index contributed by atoms with van der Waals surface area (Å²) in [6.07, 6.45) is 2.38. The van der Waals surface area contributed by atoms with Gasteiger partial charge in [0.15, 0.2) is 0 Å². The number of amides is 1. The van der Waals surface area contributed by atoms with Crippen molar-refractivity contribution in [2.75, 3.05) is 11.9 Å². The molecule has 0 bridgehead atoms. The molecule has 0 fully saturated rings. The van der Waals surface area contributed by atoms with Crippen LogP contribution in [0, 0.1) is 5.92 Å². The van der Waals surface area contributed by atoms with Crippen molar-refractivity contribution in [2.45, 2.75) is 19.8 Å². The van der Waals surface area contributed by atoms with Gasteiger partial charge < -0.3 is 16.2 Å². The standard InChI is InChI=1S/C12H17N3O3/c1-2-8(5-11(16)17)7-15-9-3-4-14-10(6-9)12(13)18/h3-4,6,8H,2,5,7H2,1H3,(H2,13,18)(H,14,15)(H,16,17). The molecule has 0 aliphatic heterocycles. The van der Waals surface area contributed by atoms with Crippen molar-refractivity contribution in [3.63, 3.8) is 0 Å². The first-order valence-electron chi connectivity index (χ1n) is 5.74. The topological polar surface area (TPSA) is 105 Å². The largest absolute Gasteiger partial charge is 0.481 e. The molecule has 1 aromatic heterocycles. The van der Waals surface area contributed by atoms with E-state index < -0.39 is 11.9 Å². The van der Waals surface area contributed by atoms with Crippen molar-refractivity contribution in [3.8, 4) is 0 Å². The van der Waals surface area contributed by atoms with Crippen molar-refractivity contribution in [1.82, 2.24) is 4.98 Å². The van der Waals surface area contributed by atoms with Gasteiger partial charge in [-0.25, -0.2) is 0 Å². The van der Waals surface area contributed by atoms with Crippen LogP contribution in [-0.2, 0) is 4.79 Å². The Kier molecular flexibility index (Phi) is 5.10. The van der Waals surface area contributed by atoms with Crippen LogP contribution in [0.2, 0.25) is 0 Å². The van der Waals surface area contributed by atoms with Gasteiger partial charge in [-0.1, -0.05) is 13.3 Å². The van der Waals surface area contributed by atoms with Gasteiger partial charge in [-0.3, -0.25) is 14.6 Å². The molecule has 0 saturated heterocycles. The number of rotatable bonds is 7. The van der Waals surface area contributed by atoms with Gasteiger partial charge in [-0.15, -0.1) is 0 Å². The Balaban J connectivity index is 2.59. The van der Waals surface area contributed by atoms with Gasteiger partial charge in [-0.2, -0.15) is 0 Å². The van der Waals surface area contributed by atoms with Crippen LogP contribution in [0.15, 0.2) is 18.3 Å². The van der Waals surface area contributed by atoms with Crippen molar-refractivity contribution in [2.24, 2.45) is 11.7 Å². The molecule has 1 rings (SSSR count).